The van der Waals surface area contributed by atoms with Gasteiger partial charge in [-0.15, -0.1) is 0 Å². The van der Waals surface area contributed by atoms with Gasteiger partial charge in [-0.1, -0.05) is 30.3 Å². The van der Waals surface area contributed by atoms with Crippen LogP contribution in [0.15, 0.2) is 59.4 Å². The van der Waals surface area contributed by atoms with E-state index in [-0.39, 0.29) is 11.5 Å². The molecule has 8 heteroatoms. The van der Waals surface area contributed by atoms with Crippen molar-refractivity contribution in [2.45, 2.75) is 40.2 Å². The second-order valence-electron chi connectivity index (χ2n) is 8.19. The van der Waals surface area contributed by atoms with Crippen LogP contribution in [0.3, 0.4) is 0 Å². The summed E-state index contributed by atoms with van der Waals surface area (Å²) in [6, 6.07) is 16.7. The SMILES string of the molecule is CCOc1ccc(CCNC(=O)[C@H](C)n2nc(C)c3c(C)n(-c4ccccc4)nc3c2=O)cc1. The molecule has 2 heterocycles. The molecule has 8 nitrogen and oxygen atoms in total. The summed E-state index contributed by atoms with van der Waals surface area (Å²) in [6.07, 6.45) is 0.673. The second-order valence-corrected chi connectivity index (χ2v) is 8.19. The number of nitrogens with zero attached hydrogens (tertiary/aromatic N) is 4. The van der Waals surface area contributed by atoms with Crippen molar-refractivity contribution in [3.8, 4) is 11.4 Å². The van der Waals surface area contributed by atoms with Crippen LogP contribution in [-0.4, -0.2) is 38.6 Å². The number of amides is 1. The summed E-state index contributed by atoms with van der Waals surface area (Å²) in [5.74, 6) is 0.559. The van der Waals surface area contributed by atoms with E-state index in [0.29, 0.717) is 36.2 Å². The van der Waals surface area contributed by atoms with Gasteiger partial charge in [0.25, 0.3) is 5.56 Å². The van der Waals surface area contributed by atoms with E-state index in [1.807, 2.05) is 75.4 Å². The number of rotatable bonds is 8. The molecule has 0 radical (unpaired) electrons. The van der Waals surface area contributed by atoms with Gasteiger partial charge in [-0.2, -0.15) is 10.2 Å². The highest BCUT2D eigenvalue weighted by Crippen LogP contribution is 2.21. The molecule has 0 unspecified atom stereocenters. The molecule has 0 saturated heterocycles. The van der Waals surface area contributed by atoms with E-state index in [0.717, 1.165) is 22.7 Å². The molecule has 2 aromatic heterocycles. The molecule has 0 aliphatic heterocycles. The Bertz CT molecular complexity index is 1360. The maximum absolute atomic E-state index is 13.2. The number of ether oxygens (including phenoxy) is 1. The molecule has 176 valence electrons. The standard InChI is InChI=1S/C26H29N5O3/c1-5-34-22-13-11-20(12-14-22)15-16-27-25(32)19(4)31-26(33)24-23(17(2)28-31)18(3)30(29-24)21-9-7-6-8-10-21/h6-14,19H,5,15-16H2,1-4H3,(H,27,32)/t19-/m0/s1. The van der Waals surface area contributed by atoms with Crippen LogP contribution in [0.4, 0.5) is 0 Å². The number of aryl methyl sites for hydroxylation is 2. The molecule has 0 aliphatic carbocycles. The minimum absolute atomic E-state index is 0.265. The molecule has 0 fully saturated rings. The molecule has 1 atom stereocenters. The maximum atomic E-state index is 13.2. The van der Waals surface area contributed by atoms with E-state index in [2.05, 4.69) is 15.5 Å². The summed E-state index contributed by atoms with van der Waals surface area (Å²) >= 11 is 0. The van der Waals surface area contributed by atoms with Crippen LogP contribution in [0.1, 0.15) is 36.8 Å². The van der Waals surface area contributed by atoms with E-state index < -0.39 is 6.04 Å². The second kappa shape index (κ2) is 9.91. The predicted molar refractivity (Wildman–Crippen MR) is 132 cm³/mol. The molecule has 4 rings (SSSR count). The molecule has 2 aromatic carbocycles. The highest BCUT2D eigenvalue weighted by atomic mass is 16.5. The monoisotopic (exact) mass is 459 g/mol. The van der Waals surface area contributed by atoms with Crippen molar-refractivity contribution in [3.63, 3.8) is 0 Å². The summed E-state index contributed by atoms with van der Waals surface area (Å²) in [6.45, 7) is 8.44. The third-order valence-electron chi connectivity index (χ3n) is 5.84. The molecular formula is C26H29N5O3. The topological polar surface area (TPSA) is 91.0 Å². The van der Waals surface area contributed by atoms with E-state index >= 15 is 0 Å². The summed E-state index contributed by atoms with van der Waals surface area (Å²) in [7, 11) is 0. The molecule has 4 aromatic rings. The lowest BCUT2D eigenvalue weighted by atomic mass is 10.1. The van der Waals surface area contributed by atoms with Crippen molar-refractivity contribution in [2.75, 3.05) is 13.2 Å². The number of carbonyl (C=O) groups is 1. The van der Waals surface area contributed by atoms with Gasteiger partial charge in [-0.3, -0.25) is 9.59 Å². The highest BCUT2D eigenvalue weighted by molar-refractivity contribution is 5.84. The molecule has 0 spiro atoms. The predicted octanol–water partition coefficient (Wildman–Crippen LogP) is 3.52. The number of para-hydroxylation sites is 1. The Morgan fingerprint density at radius 1 is 1.06 bits per heavy atom. The minimum atomic E-state index is -0.766. The Hall–Kier alpha value is -3.94. The van der Waals surface area contributed by atoms with Crippen molar-refractivity contribution in [3.05, 3.63) is 81.9 Å². The van der Waals surface area contributed by atoms with Crippen LogP contribution in [0.5, 0.6) is 5.75 Å². The van der Waals surface area contributed by atoms with Gasteiger partial charge in [0.2, 0.25) is 5.91 Å². The first kappa shape index (κ1) is 23.2. The van der Waals surface area contributed by atoms with Gasteiger partial charge in [0.1, 0.15) is 11.8 Å². The van der Waals surface area contributed by atoms with Crippen molar-refractivity contribution < 1.29 is 9.53 Å². The van der Waals surface area contributed by atoms with Crippen LogP contribution in [0.25, 0.3) is 16.6 Å². The Kier molecular flexibility index (Phi) is 6.77. The number of aromatic nitrogens is 4. The van der Waals surface area contributed by atoms with Crippen LogP contribution in [0, 0.1) is 13.8 Å². The lowest BCUT2D eigenvalue weighted by molar-refractivity contribution is -0.124. The summed E-state index contributed by atoms with van der Waals surface area (Å²) < 4.78 is 8.42. The molecule has 1 N–H and O–H groups in total. The Labute approximate surface area is 198 Å². The largest absolute Gasteiger partial charge is 0.494 e. The van der Waals surface area contributed by atoms with Crippen LogP contribution in [0.2, 0.25) is 0 Å². The van der Waals surface area contributed by atoms with Gasteiger partial charge in [-0.25, -0.2) is 9.36 Å². The number of benzene rings is 2. The first-order chi connectivity index (χ1) is 16.4. The number of hydrogen-bond donors (Lipinski definition) is 1. The third-order valence-corrected chi connectivity index (χ3v) is 5.84. The summed E-state index contributed by atoms with van der Waals surface area (Å²) in [4.78, 5) is 26.0. The van der Waals surface area contributed by atoms with Gasteiger partial charge in [0.05, 0.1) is 29.1 Å². The lowest BCUT2D eigenvalue weighted by Crippen LogP contribution is -2.38. The first-order valence-electron chi connectivity index (χ1n) is 11.4. The van der Waals surface area contributed by atoms with E-state index in [9.17, 15) is 9.59 Å². The van der Waals surface area contributed by atoms with Gasteiger partial charge in [-0.05, 0) is 63.9 Å². The zero-order chi connectivity index (χ0) is 24.2. The van der Waals surface area contributed by atoms with E-state index in [1.165, 1.54) is 4.68 Å². The quantitative estimate of drug-likeness (QED) is 0.435. The summed E-state index contributed by atoms with van der Waals surface area (Å²) in [5, 5.41) is 12.7. The first-order valence-corrected chi connectivity index (χ1v) is 11.4. The van der Waals surface area contributed by atoms with Gasteiger partial charge in [0.15, 0.2) is 5.52 Å². The molecule has 0 saturated carbocycles. The van der Waals surface area contributed by atoms with E-state index in [1.54, 1.807) is 11.6 Å². The zero-order valence-electron chi connectivity index (χ0n) is 19.9. The van der Waals surface area contributed by atoms with Gasteiger partial charge < -0.3 is 10.1 Å². The average Bonchev–Trinajstić information content (AvgIpc) is 3.20. The number of carbonyl (C=O) groups excluding carboxylic acids is 1. The fourth-order valence-corrected chi connectivity index (χ4v) is 4.04. The Morgan fingerprint density at radius 3 is 2.44 bits per heavy atom. The number of hydrogen-bond acceptors (Lipinski definition) is 5. The summed E-state index contributed by atoms with van der Waals surface area (Å²) in [5.41, 5.74) is 3.37. The maximum Gasteiger partial charge on any atom is 0.295 e. The zero-order valence-corrected chi connectivity index (χ0v) is 19.9. The Morgan fingerprint density at radius 2 is 1.76 bits per heavy atom. The van der Waals surface area contributed by atoms with E-state index in [4.69, 9.17) is 4.74 Å². The molecule has 0 aliphatic rings. The minimum Gasteiger partial charge on any atom is -0.494 e. The number of fused-ring (bicyclic) bond motifs is 1. The molecular weight excluding hydrogens is 430 g/mol. The van der Waals surface area contributed by atoms with Crippen LogP contribution in [-0.2, 0) is 11.2 Å². The fourth-order valence-electron chi connectivity index (χ4n) is 4.04. The lowest BCUT2D eigenvalue weighted by Gasteiger charge is -2.15. The third kappa shape index (κ3) is 4.57. The van der Waals surface area contributed by atoms with Crippen molar-refractivity contribution in [1.82, 2.24) is 24.9 Å². The van der Waals surface area contributed by atoms with Crippen molar-refractivity contribution >= 4 is 16.8 Å². The van der Waals surface area contributed by atoms with Crippen LogP contribution >= 0.6 is 0 Å². The smallest absolute Gasteiger partial charge is 0.295 e. The fraction of sp³-hybridized carbons (Fsp3) is 0.308. The van der Waals surface area contributed by atoms with Gasteiger partial charge in [0, 0.05) is 6.54 Å². The number of nitrogens with one attached hydrogen (secondary N) is 1. The molecule has 34 heavy (non-hydrogen) atoms. The van der Waals surface area contributed by atoms with Crippen molar-refractivity contribution in [1.29, 1.82) is 0 Å². The van der Waals surface area contributed by atoms with Crippen LogP contribution < -0.4 is 15.6 Å². The Balaban J connectivity index is 1.51. The van der Waals surface area contributed by atoms with Crippen molar-refractivity contribution in [2.24, 2.45) is 0 Å². The van der Waals surface area contributed by atoms with Gasteiger partial charge >= 0.3 is 0 Å². The normalized spacial score (nSPS) is 12.0. The average molecular weight is 460 g/mol. The molecule has 0 bridgehead atoms. The highest BCUT2D eigenvalue weighted by Gasteiger charge is 2.23. The molecule has 1 amide bonds.